The van der Waals surface area contributed by atoms with Crippen LogP contribution in [0, 0.1) is 0 Å². The zero-order chi connectivity index (χ0) is 12.1. The number of nitrogens with zero attached hydrogens (tertiary/aromatic N) is 1. The van der Waals surface area contributed by atoms with Gasteiger partial charge in [-0.15, -0.1) is 0 Å². The number of benzene rings is 1. The lowest BCUT2D eigenvalue weighted by Gasteiger charge is -2.18. The minimum Gasteiger partial charge on any atom is -0.334 e. The molecular formula is C11H15ClN2O2. The third-order valence-electron chi connectivity index (χ3n) is 1.92. The van der Waals surface area contributed by atoms with Gasteiger partial charge in [0.05, 0.1) is 6.54 Å². The van der Waals surface area contributed by atoms with E-state index in [-0.39, 0.29) is 12.6 Å². The average Bonchev–Trinajstić information content (AvgIpc) is 2.20. The molecule has 2 amide bonds. The van der Waals surface area contributed by atoms with Crippen LogP contribution in [0.25, 0.3) is 0 Å². The summed E-state index contributed by atoms with van der Waals surface area (Å²) in [6, 6.07) is 6.51. The highest BCUT2D eigenvalue weighted by Crippen LogP contribution is 2.16. The Morgan fingerprint density at radius 2 is 2.12 bits per heavy atom. The number of hydrogen-bond acceptors (Lipinski definition) is 2. The predicted molar refractivity (Wildman–Crippen MR) is 62.4 cm³/mol. The maximum atomic E-state index is 11.4. The number of rotatable bonds is 3. The zero-order valence-corrected chi connectivity index (χ0v) is 10.0. The summed E-state index contributed by atoms with van der Waals surface area (Å²) < 4.78 is 0. The van der Waals surface area contributed by atoms with Gasteiger partial charge in [-0.3, -0.25) is 5.21 Å². The maximum absolute atomic E-state index is 11.4. The Kier molecular flexibility index (Phi) is 4.58. The molecule has 0 heterocycles. The van der Waals surface area contributed by atoms with Gasteiger partial charge in [-0.2, -0.15) is 0 Å². The van der Waals surface area contributed by atoms with Crippen molar-refractivity contribution < 1.29 is 10.0 Å². The molecule has 5 heteroatoms. The SMILES string of the molecule is CC(C)NC(=O)N(O)Cc1ccccc1Cl. The van der Waals surface area contributed by atoms with Crippen LogP contribution in [-0.2, 0) is 6.54 Å². The fourth-order valence-corrected chi connectivity index (χ4v) is 1.38. The summed E-state index contributed by atoms with van der Waals surface area (Å²) in [7, 11) is 0. The first-order valence-electron chi connectivity index (χ1n) is 5.01. The third kappa shape index (κ3) is 3.72. The first-order valence-corrected chi connectivity index (χ1v) is 5.39. The summed E-state index contributed by atoms with van der Waals surface area (Å²) in [6.45, 7) is 3.71. The van der Waals surface area contributed by atoms with Crippen molar-refractivity contribution in [2.45, 2.75) is 26.4 Å². The lowest BCUT2D eigenvalue weighted by molar-refractivity contribution is -0.0514. The van der Waals surface area contributed by atoms with Crippen molar-refractivity contribution in [3.63, 3.8) is 0 Å². The van der Waals surface area contributed by atoms with Crippen molar-refractivity contribution in [3.05, 3.63) is 34.9 Å². The monoisotopic (exact) mass is 242 g/mol. The fraction of sp³-hybridized carbons (Fsp3) is 0.364. The van der Waals surface area contributed by atoms with Crippen LogP contribution in [0.1, 0.15) is 19.4 Å². The van der Waals surface area contributed by atoms with E-state index in [4.69, 9.17) is 11.6 Å². The van der Waals surface area contributed by atoms with Crippen LogP contribution in [0.15, 0.2) is 24.3 Å². The molecule has 1 rings (SSSR count). The van der Waals surface area contributed by atoms with Crippen molar-refractivity contribution in [2.24, 2.45) is 0 Å². The van der Waals surface area contributed by atoms with E-state index in [0.717, 1.165) is 0 Å². The first kappa shape index (κ1) is 12.8. The van der Waals surface area contributed by atoms with Crippen molar-refractivity contribution in [1.82, 2.24) is 10.4 Å². The molecule has 1 aromatic rings. The molecule has 0 unspecified atom stereocenters. The number of amides is 2. The topological polar surface area (TPSA) is 52.6 Å². The van der Waals surface area contributed by atoms with Gasteiger partial charge in [0.1, 0.15) is 0 Å². The van der Waals surface area contributed by atoms with E-state index < -0.39 is 6.03 Å². The number of hydroxylamine groups is 2. The van der Waals surface area contributed by atoms with E-state index in [1.54, 1.807) is 24.3 Å². The van der Waals surface area contributed by atoms with Gasteiger partial charge in [-0.25, -0.2) is 9.86 Å². The predicted octanol–water partition coefficient (Wildman–Crippen LogP) is 2.65. The van der Waals surface area contributed by atoms with Gasteiger partial charge in [0.15, 0.2) is 0 Å². The third-order valence-corrected chi connectivity index (χ3v) is 2.29. The van der Waals surface area contributed by atoms with Gasteiger partial charge in [-0.1, -0.05) is 29.8 Å². The summed E-state index contributed by atoms with van der Waals surface area (Å²) in [6.07, 6.45) is 0. The number of urea groups is 1. The molecule has 88 valence electrons. The first-order chi connectivity index (χ1) is 7.50. The molecule has 0 aliphatic carbocycles. The van der Waals surface area contributed by atoms with Gasteiger partial charge in [-0.05, 0) is 25.5 Å². The smallest absolute Gasteiger partial charge is 0.334 e. The molecule has 2 N–H and O–H groups in total. The Morgan fingerprint density at radius 1 is 1.50 bits per heavy atom. The molecule has 0 spiro atoms. The Bertz CT molecular complexity index is 369. The van der Waals surface area contributed by atoms with Crippen LogP contribution in [0.5, 0.6) is 0 Å². The molecule has 0 aromatic heterocycles. The number of hydrogen-bond donors (Lipinski definition) is 2. The number of carbonyl (C=O) groups is 1. The normalized spacial score (nSPS) is 10.3. The summed E-state index contributed by atoms with van der Waals surface area (Å²) in [5, 5.41) is 13.2. The lowest BCUT2D eigenvalue weighted by atomic mass is 10.2. The van der Waals surface area contributed by atoms with E-state index in [1.807, 2.05) is 13.8 Å². The van der Waals surface area contributed by atoms with Crippen LogP contribution in [0.3, 0.4) is 0 Å². The molecule has 0 bridgehead atoms. The van der Waals surface area contributed by atoms with Crippen molar-refractivity contribution in [3.8, 4) is 0 Å². The lowest BCUT2D eigenvalue weighted by Crippen LogP contribution is -2.40. The quantitative estimate of drug-likeness (QED) is 0.633. The standard InChI is InChI=1S/C11H15ClN2O2/c1-8(2)13-11(15)14(16)7-9-5-3-4-6-10(9)12/h3-6,8,16H,7H2,1-2H3,(H,13,15). The Balaban J connectivity index is 2.61. The largest absolute Gasteiger partial charge is 0.341 e. The zero-order valence-electron chi connectivity index (χ0n) is 9.27. The van der Waals surface area contributed by atoms with Gasteiger partial charge in [0, 0.05) is 11.1 Å². The van der Waals surface area contributed by atoms with Gasteiger partial charge >= 0.3 is 6.03 Å². The fourth-order valence-electron chi connectivity index (χ4n) is 1.18. The summed E-state index contributed by atoms with van der Waals surface area (Å²) >= 11 is 5.91. The van der Waals surface area contributed by atoms with Gasteiger partial charge < -0.3 is 5.32 Å². The molecule has 0 aliphatic heterocycles. The molecule has 0 saturated heterocycles. The Hall–Kier alpha value is -1.26. The molecule has 4 nitrogen and oxygen atoms in total. The van der Waals surface area contributed by atoms with Gasteiger partial charge in [0.25, 0.3) is 0 Å². The summed E-state index contributed by atoms with van der Waals surface area (Å²) in [5.74, 6) is 0. The van der Waals surface area contributed by atoms with Crippen molar-refractivity contribution in [2.75, 3.05) is 0 Å². The molecule has 0 radical (unpaired) electrons. The molecule has 0 fully saturated rings. The van der Waals surface area contributed by atoms with Crippen LogP contribution in [-0.4, -0.2) is 22.3 Å². The molecule has 16 heavy (non-hydrogen) atoms. The van der Waals surface area contributed by atoms with E-state index >= 15 is 0 Å². The molecule has 0 atom stereocenters. The Morgan fingerprint density at radius 3 is 2.69 bits per heavy atom. The highest BCUT2D eigenvalue weighted by Gasteiger charge is 2.13. The number of carbonyl (C=O) groups excluding carboxylic acids is 1. The molecule has 0 saturated carbocycles. The van der Waals surface area contributed by atoms with Crippen LogP contribution < -0.4 is 5.32 Å². The highest BCUT2D eigenvalue weighted by molar-refractivity contribution is 6.31. The number of halogens is 1. The van der Waals surface area contributed by atoms with Crippen molar-refractivity contribution >= 4 is 17.6 Å². The minimum atomic E-state index is -0.532. The molecule has 1 aromatic carbocycles. The second kappa shape index (κ2) is 5.72. The van der Waals surface area contributed by atoms with Gasteiger partial charge in [0.2, 0.25) is 0 Å². The maximum Gasteiger partial charge on any atom is 0.341 e. The van der Waals surface area contributed by atoms with E-state index in [1.165, 1.54) is 0 Å². The highest BCUT2D eigenvalue weighted by atomic mass is 35.5. The second-order valence-electron chi connectivity index (χ2n) is 3.75. The van der Waals surface area contributed by atoms with E-state index in [0.29, 0.717) is 15.6 Å². The summed E-state index contributed by atoms with van der Waals surface area (Å²) in [5.41, 5.74) is 0.700. The molecule has 0 aliphatic rings. The Labute approximate surface area is 99.8 Å². The van der Waals surface area contributed by atoms with Crippen LogP contribution in [0.2, 0.25) is 5.02 Å². The average molecular weight is 243 g/mol. The molecular weight excluding hydrogens is 228 g/mol. The number of nitrogens with one attached hydrogen (secondary N) is 1. The van der Waals surface area contributed by atoms with Crippen LogP contribution in [0.4, 0.5) is 4.79 Å². The van der Waals surface area contributed by atoms with Crippen LogP contribution >= 0.6 is 11.6 Å². The van der Waals surface area contributed by atoms with E-state index in [9.17, 15) is 10.0 Å². The minimum absolute atomic E-state index is 0.0200. The van der Waals surface area contributed by atoms with Crippen molar-refractivity contribution in [1.29, 1.82) is 0 Å². The summed E-state index contributed by atoms with van der Waals surface area (Å²) in [4.78, 5) is 11.4. The van der Waals surface area contributed by atoms with E-state index in [2.05, 4.69) is 5.32 Å². The second-order valence-corrected chi connectivity index (χ2v) is 4.16.